The molecule has 21 heavy (non-hydrogen) atoms. The summed E-state index contributed by atoms with van der Waals surface area (Å²) in [6.07, 6.45) is 10.6. The van der Waals surface area contributed by atoms with Crippen molar-refractivity contribution >= 4 is 8.25 Å². The molecule has 0 aromatic heterocycles. The van der Waals surface area contributed by atoms with Gasteiger partial charge < -0.3 is 9.05 Å². The Bertz CT molecular complexity index is 240. The van der Waals surface area contributed by atoms with Gasteiger partial charge in [-0.25, -0.2) is 0 Å². The van der Waals surface area contributed by atoms with E-state index < -0.39 is 8.25 Å². The van der Waals surface area contributed by atoms with Gasteiger partial charge >= 0.3 is 8.25 Å². The van der Waals surface area contributed by atoms with Crippen LogP contribution in [0.1, 0.15) is 85.5 Å². The predicted octanol–water partition coefficient (Wildman–Crippen LogP) is 5.98. The van der Waals surface area contributed by atoms with Gasteiger partial charge in [-0.05, 0) is 25.7 Å². The molecule has 0 aliphatic carbocycles. The van der Waals surface area contributed by atoms with Crippen LogP contribution in [-0.4, -0.2) is 12.7 Å². The molecular formula is C16H35NiO3P. The molecule has 0 radical (unpaired) electrons. The zero-order valence-corrected chi connectivity index (χ0v) is 16.3. The second-order valence-corrected chi connectivity index (χ2v) is 6.78. The van der Waals surface area contributed by atoms with Gasteiger partial charge in [-0.15, -0.1) is 0 Å². The summed E-state index contributed by atoms with van der Waals surface area (Å²) in [5.74, 6) is 0.521. The van der Waals surface area contributed by atoms with Crippen LogP contribution in [0.4, 0.5) is 0 Å². The SMILES string of the molecule is CCCCCCC(C)O[PH](=O)OCC(CC)CCCC.[Ni]. The van der Waals surface area contributed by atoms with Crippen LogP contribution in [0.3, 0.4) is 0 Å². The van der Waals surface area contributed by atoms with Crippen molar-refractivity contribution in [3.05, 3.63) is 0 Å². The summed E-state index contributed by atoms with van der Waals surface area (Å²) in [6.45, 7) is 9.14. The molecule has 0 N–H and O–H groups in total. The van der Waals surface area contributed by atoms with E-state index in [4.69, 9.17) is 9.05 Å². The minimum absolute atomic E-state index is 0. The van der Waals surface area contributed by atoms with E-state index in [9.17, 15) is 4.57 Å². The van der Waals surface area contributed by atoms with Crippen molar-refractivity contribution in [2.75, 3.05) is 6.61 Å². The van der Waals surface area contributed by atoms with E-state index in [1.54, 1.807) is 0 Å². The first kappa shape index (κ1) is 23.9. The van der Waals surface area contributed by atoms with Crippen LogP contribution in [0.15, 0.2) is 0 Å². The van der Waals surface area contributed by atoms with Crippen LogP contribution in [-0.2, 0) is 30.1 Å². The van der Waals surface area contributed by atoms with E-state index in [0.29, 0.717) is 12.5 Å². The maximum atomic E-state index is 11.8. The second kappa shape index (κ2) is 17.0. The van der Waals surface area contributed by atoms with E-state index in [2.05, 4.69) is 20.8 Å². The van der Waals surface area contributed by atoms with Crippen LogP contribution in [0.2, 0.25) is 0 Å². The summed E-state index contributed by atoms with van der Waals surface area (Å²) in [4.78, 5) is 0. The average Bonchev–Trinajstić information content (AvgIpc) is 2.44. The Morgan fingerprint density at radius 2 is 1.62 bits per heavy atom. The first-order chi connectivity index (χ1) is 9.63. The van der Waals surface area contributed by atoms with E-state index >= 15 is 0 Å². The molecule has 0 spiro atoms. The zero-order valence-electron chi connectivity index (χ0n) is 14.3. The number of hydrogen-bond acceptors (Lipinski definition) is 3. The smallest absolute Gasteiger partial charge is 0.310 e. The van der Waals surface area contributed by atoms with E-state index in [-0.39, 0.29) is 22.6 Å². The molecule has 0 aliphatic heterocycles. The summed E-state index contributed by atoms with van der Waals surface area (Å²) in [5, 5.41) is 0. The van der Waals surface area contributed by atoms with Crippen molar-refractivity contribution in [1.82, 2.24) is 0 Å². The monoisotopic (exact) mass is 364 g/mol. The summed E-state index contributed by atoms with van der Waals surface area (Å²) in [5.41, 5.74) is 0. The van der Waals surface area contributed by atoms with E-state index in [1.165, 1.54) is 32.1 Å². The molecule has 0 aromatic rings. The fourth-order valence-corrected chi connectivity index (χ4v) is 3.09. The minimum atomic E-state index is -2.31. The number of unbranched alkanes of at least 4 members (excludes halogenated alkanes) is 4. The Balaban J connectivity index is 0. The Labute approximate surface area is 142 Å². The standard InChI is InChI=1S/C16H35O3P.Ni/c1-5-8-10-11-12-15(4)19-20(17)18-14-16(7-3)13-9-6-2;/h15-16,20H,5-14H2,1-4H3;. The van der Waals surface area contributed by atoms with E-state index in [1.807, 2.05) is 6.92 Å². The number of rotatable bonds is 14. The van der Waals surface area contributed by atoms with Gasteiger partial charge in [0.1, 0.15) is 0 Å². The molecule has 0 fully saturated rings. The van der Waals surface area contributed by atoms with Crippen LogP contribution >= 0.6 is 8.25 Å². The third-order valence-electron chi connectivity index (χ3n) is 3.74. The Kier molecular flexibility index (Phi) is 19.4. The Hall–Kier alpha value is 0.644. The average molecular weight is 365 g/mol. The summed E-state index contributed by atoms with van der Waals surface area (Å²) in [7, 11) is -2.31. The minimum Gasteiger partial charge on any atom is -0.310 e. The van der Waals surface area contributed by atoms with Gasteiger partial charge in [0.2, 0.25) is 0 Å². The zero-order chi connectivity index (χ0) is 15.2. The third-order valence-corrected chi connectivity index (χ3v) is 4.74. The van der Waals surface area contributed by atoms with Crippen LogP contribution in [0, 0.1) is 5.92 Å². The molecule has 5 heteroatoms. The largest absolute Gasteiger partial charge is 0.319 e. The molecular weight excluding hydrogens is 330 g/mol. The number of hydrogen-bond donors (Lipinski definition) is 0. The van der Waals surface area contributed by atoms with Gasteiger partial charge in [0.15, 0.2) is 0 Å². The molecule has 0 rings (SSSR count). The van der Waals surface area contributed by atoms with Crippen molar-refractivity contribution in [1.29, 1.82) is 0 Å². The van der Waals surface area contributed by atoms with E-state index in [0.717, 1.165) is 25.7 Å². The fraction of sp³-hybridized carbons (Fsp3) is 1.00. The van der Waals surface area contributed by atoms with Crippen LogP contribution in [0.5, 0.6) is 0 Å². The topological polar surface area (TPSA) is 35.5 Å². The van der Waals surface area contributed by atoms with Crippen molar-refractivity contribution in [3.8, 4) is 0 Å². The second-order valence-electron chi connectivity index (χ2n) is 5.76. The normalized spacial score (nSPS) is 15.2. The maximum absolute atomic E-state index is 11.8. The van der Waals surface area contributed by atoms with Crippen molar-refractivity contribution in [2.24, 2.45) is 5.92 Å². The molecule has 0 saturated heterocycles. The van der Waals surface area contributed by atoms with Gasteiger partial charge in [0.25, 0.3) is 0 Å². The van der Waals surface area contributed by atoms with Gasteiger partial charge in [-0.3, -0.25) is 4.57 Å². The Morgan fingerprint density at radius 1 is 0.952 bits per heavy atom. The molecule has 0 bridgehead atoms. The molecule has 132 valence electrons. The third kappa shape index (κ3) is 15.3. The van der Waals surface area contributed by atoms with Crippen LogP contribution in [0.25, 0.3) is 0 Å². The van der Waals surface area contributed by atoms with Gasteiger partial charge in [-0.2, -0.15) is 0 Å². The molecule has 0 aliphatic rings. The molecule has 3 unspecified atom stereocenters. The molecule has 0 heterocycles. The van der Waals surface area contributed by atoms with Gasteiger partial charge in [-0.1, -0.05) is 65.7 Å². The summed E-state index contributed by atoms with van der Waals surface area (Å²) in [6, 6.07) is 0. The van der Waals surface area contributed by atoms with Gasteiger partial charge in [0, 0.05) is 16.5 Å². The molecule has 0 aromatic carbocycles. The van der Waals surface area contributed by atoms with Crippen molar-refractivity contribution < 1.29 is 30.1 Å². The molecule has 0 amide bonds. The van der Waals surface area contributed by atoms with Crippen molar-refractivity contribution in [2.45, 2.75) is 91.6 Å². The predicted molar refractivity (Wildman–Crippen MR) is 87.6 cm³/mol. The molecule has 3 nitrogen and oxygen atoms in total. The Morgan fingerprint density at radius 3 is 2.19 bits per heavy atom. The quantitative estimate of drug-likeness (QED) is 0.216. The maximum Gasteiger partial charge on any atom is 0.319 e. The molecule has 3 atom stereocenters. The fourth-order valence-electron chi connectivity index (χ4n) is 2.20. The van der Waals surface area contributed by atoms with Crippen molar-refractivity contribution in [3.63, 3.8) is 0 Å². The summed E-state index contributed by atoms with van der Waals surface area (Å²) < 4.78 is 22.6. The van der Waals surface area contributed by atoms with Gasteiger partial charge in [0.05, 0.1) is 12.7 Å². The van der Waals surface area contributed by atoms with Crippen LogP contribution < -0.4 is 0 Å². The molecule has 0 saturated carbocycles. The summed E-state index contributed by atoms with van der Waals surface area (Å²) >= 11 is 0. The first-order valence-electron chi connectivity index (χ1n) is 8.47. The first-order valence-corrected chi connectivity index (χ1v) is 9.69.